The van der Waals surface area contributed by atoms with E-state index in [0.29, 0.717) is 23.1 Å². The molecule has 6 rings (SSSR count). The zero-order valence-electron chi connectivity index (χ0n) is 24.6. The molecular weight excluding hydrogens is 532 g/mol. The van der Waals surface area contributed by atoms with Gasteiger partial charge in [-0.3, -0.25) is 4.79 Å². The first-order chi connectivity index (χ1) is 19.9. The highest BCUT2D eigenvalue weighted by molar-refractivity contribution is 5.89. The molecule has 3 N–H and O–H groups in total. The summed E-state index contributed by atoms with van der Waals surface area (Å²) in [6, 6.07) is 18.1. The van der Waals surface area contributed by atoms with Crippen molar-refractivity contribution in [2.75, 3.05) is 6.61 Å². The van der Waals surface area contributed by atoms with Gasteiger partial charge < -0.3 is 24.8 Å². The third kappa shape index (κ3) is 4.12. The molecule has 7 nitrogen and oxygen atoms in total. The van der Waals surface area contributed by atoms with Gasteiger partial charge in [-0.15, -0.1) is 0 Å². The molecule has 0 aliphatic heterocycles. The predicted molar refractivity (Wildman–Crippen MR) is 156 cm³/mol. The minimum absolute atomic E-state index is 0.0359. The Balaban J connectivity index is 1.34. The Kier molecular flexibility index (Phi) is 6.80. The Morgan fingerprint density at radius 2 is 1.62 bits per heavy atom. The number of esters is 2. The zero-order chi connectivity index (χ0) is 30.1. The van der Waals surface area contributed by atoms with Crippen LogP contribution in [0.4, 0.5) is 0 Å². The largest absolute Gasteiger partial charge is 0.458 e. The van der Waals surface area contributed by atoms with Gasteiger partial charge in [-0.25, -0.2) is 4.79 Å². The number of fused-ring (bicyclic) bond motifs is 5. The number of carbonyl (C=O) groups is 2. The molecule has 8 atom stereocenters. The first-order valence-corrected chi connectivity index (χ1v) is 14.8. The molecule has 2 aromatic carbocycles. The summed E-state index contributed by atoms with van der Waals surface area (Å²) < 4.78 is 12.3. The van der Waals surface area contributed by atoms with E-state index < -0.39 is 46.1 Å². The molecule has 0 amide bonds. The fraction of sp³-hybridized carbons (Fsp3) is 0.486. The van der Waals surface area contributed by atoms with Crippen molar-refractivity contribution in [2.45, 2.75) is 69.9 Å². The Morgan fingerprint density at radius 1 is 0.976 bits per heavy atom. The SMILES string of the molecule is CC1=C[C@@H]2[C@](O)(CC(CO)=C[C@H]3[C@H]4C(C)(C)[C@]4(OC(=O)Cc4ccccc4)C[C@@H](C)[C@]23O)[C@@H]1OC(=O)c1ccccc1. The van der Waals surface area contributed by atoms with Crippen molar-refractivity contribution in [1.29, 1.82) is 0 Å². The molecule has 4 aliphatic rings. The number of aliphatic hydroxyl groups is 3. The van der Waals surface area contributed by atoms with E-state index in [-0.39, 0.29) is 37.3 Å². The van der Waals surface area contributed by atoms with E-state index in [4.69, 9.17) is 9.47 Å². The highest BCUT2D eigenvalue weighted by Crippen LogP contribution is 2.76. The van der Waals surface area contributed by atoms with Gasteiger partial charge in [0, 0.05) is 29.6 Å². The number of hydrogen-bond acceptors (Lipinski definition) is 7. The normalized spacial score (nSPS) is 37.6. The first kappa shape index (κ1) is 28.8. The van der Waals surface area contributed by atoms with Crippen LogP contribution in [0.15, 0.2) is 84.0 Å². The van der Waals surface area contributed by atoms with Gasteiger partial charge in [-0.2, -0.15) is 0 Å². The molecule has 42 heavy (non-hydrogen) atoms. The van der Waals surface area contributed by atoms with Gasteiger partial charge in [-0.1, -0.05) is 81.5 Å². The maximum absolute atomic E-state index is 13.2. The van der Waals surface area contributed by atoms with Crippen LogP contribution in [0.25, 0.3) is 0 Å². The second-order valence-electron chi connectivity index (χ2n) is 13.4. The van der Waals surface area contributed by atoms with E-state index in [2.05, 4.69) is 13.8 Å². The van der Waals surface area contributed by atoms with Crippen molar-refractivity contribution < 1.29 is 34.4 Å². The molecule has 7 heteroatoms. The summed E-state index contributed by atoms with van der Waals surface area (Å²) >= 11 is 0. The van der Waals surface area contributed by atoms with Crippen LogP contribution in [0.5, 0.6) is 0 Å². The van der Waals surface area contributed by atoms with Crippen molar-refractivity contribution in [3.05, 3.63) is 95.1 Å². The lowest BCUT2D eigenvalue weighted by Gasteiger charge is -2.51. The maximum Gasteiger partial charge on any atom is 0.338 e. The summed E-state index contributed by atoms with van der Waals surface area (Å²) in [5.41, 5.74) is -1.87. The molecule has 0 radical (unpaired) electrons. The minimum atomic E-state index is -1.66. The fourth-order valence-corrected chi connectivity index (χ4v) is 8.70. The number of ether oxygens (including phenoxy) is 2. The highest BCUT2D eigenvalue weighted by Gasteiger charge is 2.83. The quantitative estimate of drug-likeness (QED) is 0.347. The van der Waals surface area contributed by atoms with E-state index in [0.717, 1.165) is 5.56 Å². The van der Waals surface area contributed by atoms with Crippen LogP contribution in [-0.4, -0.2) is 56.8 Å². The van der Waals surface area contributed by atoms with Gasteiger partial charge in [0.25, 0.3) is 0 Å². The van der Waals surface area contributed by atoms with Gasteiger partial charge >= 0.3 is 11.9 Å². The van der Waals surface area contributed by atoms with Crippen LogP contribution < -0.4 is 0 Å². The van der Waals surface area contributed by atoms with Crippen LogP contribution in [0.1, 0.15) is 56.5 Å². The Bertz CT molecular complexity index is 1450. The average Bonchev–Trinajstić information content (AvgIpc) is 3.35. The molecule has 0 aromatic heterocycles. The van der Waals surface area contributed by atoms with E-state index in [1.54, 1.807) is 31.2 Å². The fourth-order valence-electron chi connectivity index (χ4n) is 8.70. The van der Waals surface area contributed by atoms with Crippen LogP contribution >= 0.6 is 0 Å². The Morgan fingerprint density at radius 3 is 2.26 bits per heavy atom. The van der Waals surface area contributed by atoms with Crippen LogP contribution in [0.2, 0.25) is 0 Å². The van der Waals surface area contributed by atoms with Crippen molar-refractivity contribution in [3.63, 3.8) is 0 Å². The van der Waals surface area contributed by atoms with Crippen LogP contribution in [-0.2, 0) is 20.7 Å². The lowest BCUT2D eigenvalue weighted by molar-refractivity contribution is -0.196. The molecule has 2 aromatic rings. The molecular formula is C35H40O7. The summed E-state index contributed by atoms with van der Waals surface area (Å²) in [6.45, 7) is 7.56. The molecule has 0 bridgehead atoms. The van der Waals surface area contributed by atoms with Crippen molar-refractivity contribution in [3.8, 4) is 0 Å². The first-order valence-electron chi connectivity index (χ1n) is 14.8. The molecule has 2 saturated carbocycles. The predicted octanol–water partition coefficient (Wildman–Crippen LogP) is 4.41. The number of rotatable bonds is 6. The number of aliphatic hydroxyl groups excluding tert-OH is 1. The molecule has 0 spiro atoms. The van der Waals surface area contributed by atoms with Gasteiger partial charge in [0.1, 0.15) is 11.2 Å². The number of hydrogen-bond donors (Lipinski definition) is 3. The third-order valence-corrected chi connectivity index (χ3v) is 10.8. The summed E-state index contributed by atoms with van der Waals surface area (Å²) in [6.07, 6.45) is 3.37. The maximum atomic E-state index is 13.2. The van der Waals surface area contributed by atoms with E-state index in [1.165, 1.54) is 0 Å². The molecule has 0 unspecified atom stereocenters. The van der Waals surface area contributed by atoms with Crippen molar-refractivity contribution in [1.82, 2.24) is 0 Å². The summed E-state index contributed by atoms with van der Waals surface area (Å²) in [4.78, 5) is 26.3. The topological polar surface area (TPSA) is 113 Å². The highest BCUT2D eigenvalue weighted by atomic mass is 16.6. The number of carbonyl (C=O) groups excluding carboxylic acids is 2. The van der Waals surface area contributed by atoms with Crippen molar-refractivity contribution >= 4 is 11.9 Å². The monoisotopic (exact) mass is 572 g/mol. The standard InChI is InChI=1S/C35H40O7/c1-21-15-27-33(39,30(21)41-31(38)25-13-9-6-10-14-25)19-24(20-36)16-26-29-32(3,4)34(29,18-22(2)35(26,27)40)42-28(37)17-23-11-7-5-8-12-23/h5-16,22,26-27,29-30,36,39-40H,17-20H2,1-4H3/t22-,26+,27-,29+,30-,33-,34+,35-/m1/s1. The molecule has 222 valence electrons. The second-order valence-corrected chi connectivity index (χ2v) is 13.4. The Labute approximate surface area is 246 Å². The zero-order valence-corrected chi connectivity index (χ0v) is 24.6. The molecule has 4 aliphatic carbocycles. The third-order valence-electron chi connectivity index (χ3n) is 10.8. The second kappa shape index (κ2) is 9.90. The summed E-state index contributed by atoms with van der Waals surface area (Å²) in [5.74, 6) is -2.76. The van der Waals surface area contributed by atoms with E-state index >= 15 is 0 Å². The van der Waals surface area contributed by atoms with Gasteiger partial charge in [0.2, 0.25) is 0 Å². The van der Waals surface area contributed by atoms with E-state index in [1.807, 2.05) is 55.5 Å². The molecule has 0 heterocycles. The van der Waals surface area contributed by atoms with E-state index in [9.17, 15) is 24.9 Å². The summed E-state index contributed by atoms with van der Waals surface area (Å²) in [5, 5.41) is 35.6. The minimum Gasteiger partial charge on any atom is -0.458 e. The smallest absolute Gasteiger partial charge is 0.338 e. The van der Waals surface area contributed by atoms with Gasteiger partial charge in [0.15, 0.2) is 6.10 Å². The average molecular weight is 573 g/mol. The van der Waals surface area contributed by atoms with Crippen LogP contribution in [0, 0.1) is 29.1 Å². The summed E-state index contributed by atoms with van der Waals surface area (Å²) in [7, 11) is 0. The number of benzene rings is 2. The molecule has 0 saturated heterocycles. The lowest BCUT2D eigenvalue weighted by Crippen LogP contribution is -2.62. The van der Waals surface area contributed by atoms with Crippen molar-refractivity contribution in [2.24, 2.45) is 29.1 Å². The van der Waals surface area contributed by atoms with Crippen LogP contribution in [0.3, 0.4) is 0 Å². The lowest BCUT2D eigenvalue weighted by atomic mass is 9.60. The van der Waals surface area contributed by atoms with Gasteiger partial charge in [0.05, 0.1) is 24.2 Å². The Hall–Kier alpha value is -3.26. The van der Waals surface area contributed by atoms with Gasteiger partial charge in [-0.05, 0) is 48.1 Å². The molecule has 2 fully saturated rings.